The van der Waals surface area contributed by atoms with Gasteiger partial charge in [0.2, 0.25) is 0 Å². The number of hydrogen-bond donors (Lipinski definition) is 0. The van der Waals surface area contributed by atoms with E-state index in [0.29, 0.717) is 11.6 Å². The largest absolute Gasteiger partial charge is 0.484 e. The second-order valence-electron chi connectivity index (χ2n) is 4.62. The van der Waals surface area contributed by atoms with Crippen molar-refractivity contribution in [1.82, 2.24) is 4.57 Å². The summed E-state index contributed by atoms with van der Waals surface area (Å²) in [7, 11) is 1.94. The van der Waals surface area contributed by atoms with Crippen molar-refractivity contribution in [3.05, 3.63) is 65.1 Å². The fourth-order valence-corrected chi connectivity index (χ4v) is 2.38. The van der Waals surface area contributed by atoms with Crippen molar-refractivity contribution in [2.24, 2.45) is 7.05 Å². The maximum atomic E-state index is 13.5. The number of halogens is 2. The molecule has 1 aromatic heterocycles. The smallest absolute Gasteiger partial charge is 0.165 e. The van der Waals surface area contributed by atoms with E-state index in [-0.39, 0.29) is 11.6 Å². The first-order chi connectivity index (χ1) is 9.65. The Bertz CT molecular complexity index is 766. The molecule has 0 spiro atoms. The Morgan fingerprint density at radius 3 is 2.75 bits per heavy atom. The zero-order valence-corrected chi connectivity index (χ0v) is 11.7. The zero-order valence-electron chi connectivity index (χ0n) is 10.9. The fraction of sp³-hybridized carbons (Fsp3) is 0.125. The number of benzene rings is 2. The molecule has 3 aromatic rings. The molecule has 0 aliphatic heterocycles. The summed E-state index contributed by atoms with van der Waals surface area (Å²) in [5.41, 5.74) is 2.00. The first kappa shape index (κ1) is 13.0. The van der Waals surface area contributed by atoms with Crippen molar-refractivity contribution in [1.29, 1.82) is 0 Å². The van der Waals surface area contributed by atoms with Crippen molar-refractivity contribution in [3.8, 4) is 5.75 Å². The molecule has 0 atom stereocenters. The van der Waals surface area contributed by atoms with E-state index in [1.165, 1.54) is 6.07 Å². The Labute approximate surface area is 121 Å². The highest BCUT2D eigenvalue weighted by Crippen LogP contribution is 2.24. The molecule has 2 nitrogen and oxygen atoms in total. The van der Waals surface area contributed by atoms with Gasteiger partial charge in [0.1, 0.15) is 6.61 Å². The Morgan fingerprint density at radius 2 is 1.95 bits per heavy atom. The first-order valence-corrected chi connectivity index (χ1v) is 6.64. The van der Waals surface area contributed by atoms with Gasteiger partial charge >= 0.3 is 0 Å². The summed E-state index contributed by atoms with van der Waals surface area (Å²) in [6.07, 6.45) is 0. The molecule has 0 saturated carbocycles. The second kappa shape index (κ2) is 5.17. The maximum Gasteiger partial charge on any atom is 0.165 e. The molecule has 0 unspecified atom stereocenters. The van der Waals surface area contributed by atoms with Gasteiger partial charge in [-0.2, -0.15) is 0 Å². The highest BCUT2D eigenvalue weighted by molar-refractivity contribution is 6.31. The molecule has 0 radical (unpaired) electrons. The molecular weight excluding hydrogens is 277 g/mol. The normalized spacial score (nSPS) is 10.9. The Kier molecular flexibility index (Phi) is 3.36. The number of ether oxygens (including phenoxy) is 1. The van der Waals surface area contributed by atoms with Gasteiger partial charge in [-0.05, 0) is 30.3 Å². The van der Waals surface area contributed by atoms with Crippen molar-refractivity contribution in [2.45, 2.75) is 6.61 Å². The first-order valence-electron chi connectivity index (χ1n) is 6.26. The monoisotopic (exact) mass is 289 g/mol. The van der Waals surface area contributed by atoms with Crippen LogP contribution < -0.4 is 4.74 Å². The van der Waals surface area contributed by atoms with E-state index < -0.39 is 0 Å². The van der Waals surface area contributed by atoms with Crippen LogP contribution in [0.25, 0.3) is 10.9 Å². The minimum Gasteiger partial charge on any atom is -0.484 e. The lowest BCUT2D eigenvalue weighted by Crippen LogP contribution is -2.02. The predicted octanol–water partition coefficient (Wildman–Crippen LogP) is 4.55. The third-order valence-electron chi connectivity index (χ3n) is 3.32. The molecule has 4 heteroatoms. The van der Waals surface area contributed by atoms with Crippen LogP contribution >= 0.6 is 11.6 Å². The van der Waals surface area contributed by atoms with E-state index in [1.807, 2.05) is 35.9 Å². The van der Waals surface area contributed by atoms with E-state index in [2.05, 4.69) is 0 Å². The van der Waals surface area contributed by atoms with Crippen molar-refractivity contribution < 1.29 is 9.13 Å². The van der Waals surface area contributed by atoms with Gasteiger partial charge in [-0.3, -0.25) is 0 Å². The molecule has 0 bridgehead atoms. The Morgan fingerprint density at radius 1 is 1.15 bits per heavy atom. The average Bonchev–Trinajstić information content (AvgIpc) is 2.75. The van der Waals surface area contributed by atoms with Crippen LogP contribution in [0.3, 0.4) is 0 Å². The number of hydrogen-bond acceptors (Lipinski definition) is 1. The van der Waals surface area contributed by atoms with Crippen LogP contribution in [0.5, 0.6) is 5.75 Å². The van der Waals surface area contributed by atoms with Crippen LogP contribution in [0, 0.1) is 5.82 Å². The van der Waals surface area contributed by atoms with E-state index in [4.69, 9.17) is 16.3 Å². The minimum absolute atomic E-state index is 0.260. The van der Waals surface area contributed by atoms with Gasteiger partial charge in [-0.15, -0.1) is 0 Å². The number of rotatable bonds is 3. The lowest BCUT2D eigenvalue weighted by Gasteiger charge is -2.08. The van der Waals surface area contributed by atoms with E-state index in [9.17, 15) is 4.39 Å². The van der Waals surface area contributed by atoms with Crippen LogP contribution in [0.1, 0.15) is 5.69 Å². The van der Waals surface area contributed by atoms with Crippen molar-refractivity contribution >= 4 is 22.5 Å². The van der Waals surface area contributed by atoms with Crippen LogP contribution in [0.4, 0.5) is 4.39 Å². The minimum atomic E-state index is -0.352. The number of nitrogens with zero attached hydrogens (tertiary/aromatic N) is 1. The average molecular weight is 290 g/mol. The molecule has 0 fully saturated rings. The summed E-state index contributed by atoms with van der Waals surface area (Å²) in [6.45, 7) is 0.309. The molecule has 0 N–H and O–H groups in total. The van der Waals surface area contributed by atoms with Crippen LogP contribution in [-0.4, -0.2) is 4.57 Å². The summed E-state index contributed by atoms with van der Waals surface area (Å²) in [4.78, 5) is 0. The summed E-state index contributed by atoms with van der Waals surface area (Å²) in [6, 6.07) is 14.1. The summed E-state index contributed by atoms with van der Waals surface area (Å²) < 4.78 is 21.0. The van der Waals surface area contributed by atoms with E-state index in [0.717, 1.165) is 16.6 Å². The molecule has 0 amide bonds. The highest BCUT2D eigenvalue weighted by atomic mass is 35.5. The summed E-state index contributed by atoms with van der Waals surface area (Å²) >= 11 is 6.00. The lowest BCUT2D eigenvalue weighted by atomic mass is 10.2. The van der Waals surface area contributed by atoms with Gasteiger partial charge in [0.15, 0.2) is 11.6 Å². The Hall–Kier alpha value is -2.00. The number of fused-ring (bicyclic) bond motifs is 1. The van der Waals surface area contributed by atoms with Gasteiger partial charge in [-0.25, -0.2) is 4.39 Å². The predicted molar refractivity (Wildman–Crippen MR) is 78.7 cm³/mol. The third kappa shape index (κ3) is 2.37. The molecule has 1 heterocycles. The fourth-order valence-electron chi connectivity index (χ4n) is 2.21. The van der Waals surface area contributed by atoms with Crippen molar-refractivity contribution in [3.63, 3.8) is 0 Å². The Balaban J connectivity index is 1.88. The SMILES string of the molecule is Cn1c(COc2ccccc2F)cc2ccc(Cl)cc21. The van der Waals surface area contributed by atoms with Crippen LogP contribution in [-0.2, 0) is 13.7 Å². The van der Waals surface area contributed by atoms with Gasteiger partial charge < -0.3 is 9.30 Å². The number of para-hydroxylation sites is 1. The molecule has 0 aliphatic rings. The summed E-state index contributed by atoms with van der Waals surface area (Å²) in [5, 5.41) is 1.78. The molecule has 2 aromatic carbocycles. The summed E-state index contributed by atoms with van der Waals surface area (Å²) in [5.74, 6) is -0.0925. The lowest BCUT2D eigenvalue weighted by molar-refractivity contribution is 0.283. The highest BCUT2D eigenvalue weighted by Gasteiger charge is 2.08. The van der Waals surface area contributed by atoms with Gasteiger partial charge in [0, 0.05) is 23.0 Å². The molecule has 3 rings (SSSR count). The third-order valence-corrected chi connectivity index (χ3v) is 3.55. The molecular formula is C16H13ClFNO. The van der Waals surface area contributed by atoms with Crippen molar-refractivity contribution in [2.75, 3.05) is 0 Å². The van der Waals surface area contributed by atoms with Crippen LogP contribution in [0.15, 0.2) is 48.5 Å². The van der Waals surface area contributed by atoms with Gasteiger partial charge in [0.05, 0.1) is 5.69 Å². The van der Waals surface area contributed by atoms with Gasteiger partial charge in [0.25, 0.3) is 0 Å². The van der Waals surface area contributed by atoms with E-state index >= 15 is 0 Å². The number of aromatic nitrogens is 1. The van der Waals surface area contributed by atoms with Gasteiger partial charge in [-0.1, -0.05) is 29.8 Å². The standard InChI is InChI=1S/C16H13ClFNO/c1-19-13(8-11-6-7-12(17)9-15(11)19)10-20-16-5-3-2-4-14(16)18/h2-9H,10H2,1H3. The molecule has 0 saturated heterocycles. The molecule has 20 heavy (non-hydrogen) atoms. The quantitative estimate of drug-likeness (QED) is 0.690. The van der Waals surface area contributed by atoms with Crippen LogP contribution in [0.2, 0.25) is 5.02 Å². The number of aryl methyl sites for hydroxylation is 1. The second-order valence-corrected chi connectivity index (χ2v) is 5.05. The topological polar surface area (TPSA) is 14.2 Å². The molecule has 102 valence electrons. The molecule has 0 aliphatic carbocycles. The zero-order chi connectivity index (χ0) is 14.1. The maximum absolute atomic E-state index is 13.5. The van der Waals surface area contributed by atoms with E-state index in [1.54, 1.807) is 18.2 Å².